The third-order valence-electron chi connectivity index (χ3n) is 11.6. The van der Waals surface area contributed by atoms with Gasteiger partial charge in [0.05, 0.1) is 43.4 Å². The summed E-state index contributed by atoms with van der Waals surface area (Å²) in [5.74, 6) is -1.35. The van der Waals surface area contributed by atoms with Gasteiger partial charge in [-0.25, -0.2) is 61.0 Å². The molecule has 76 heavy (non-hydrogen) atoms. The van der Waals surface area contributed by atoms with Gasteiger partial charge in [0.15, 0.2) is 25.1 Å². The second-order valence-corrected chi connectivity index (χ2v) is 23.8. The highest BCUT2D eigenvalue weighted by Crippen LogP contribution is 2.39. The molecule has 2 aromatic heterocycles. The van der Waals surface area contributed by atoms with Crippen molar-refractivity contribution >= 4 is 97.6 Å². The average Bonchev–Trinajstić information content (AvgIpc) is 3.43. The van der Waals surface area contributed by atoms with Crippen molar-refractivity contribution in [1.82, 2.24) is 9.97 Å². The van der Waals surface area contributed by atoms with Crippen molar-refractivity contribution in [3.05, 3.63) is 181 Å². The molecule has 0 amide bonds. The molecule has 0 bridgehead atoms. The van der Waals surface area contributed by atoms with Gasteiger partial charge < -0.3 is 9.47 Å². The number of sulfonamides is 4. The van der Waals surface area contributed by atoms with Crippen molar-refractivity contribution < 1.29 is 61.5 Å². The zero-order chi connectivity index (χ0) is 55.0. The fraction of sp³-hybridized carbons (Fsp3) is 0.154. The fourth-order valence-electron chi connectivity index (χ4n) is 7.89. The SMILES string of the molecule is CCN(c1cnc(N(COC=O)S(=O)(=O)c2ccc(C)cc2)c2ccccc12)S(=O)(=O)c1ccc(F)cc1.CCN(c1cnc(N(COC=O)S(=O)(=O)c2ccc(F)cc2)c2ccccc12)S(=O)(=O)c1ccc(C)cc1. The zero-order valence-electron chi connectivity index (χ0n) is 41.0. The number of ether oxygens (including phenoxy) is 2. The Morgan fingerprint density at radius 1 is 0.421 bits per heavy atom. The van der Waals surface area contributed by atoms with Crippen LogP contribution >= 0.6 is 0 Å². The monoisotopic (exact) mass is 1110 g/mol. The van der Waals surface area contributed by atoms with Crippen molar-refractivity contribution in [1.29, 1.82) is 0 Å². The molecule has 0 atom stereocenters. The standard InChI is InChI=1S/2C26H24FN3O6S2/c1-3-29(37(32,33)22-14-10-20(27)11-15-22)25-16-28-26(24-7-5-4-6-23(24)25)30(17-36-18-31)38(34,35)21-12-8-19(2)9-13-21;1-3-29(37(32,33)21-12-8-19(2)9-13-21)25-16-28-26(24-7-5-4-6-23(24)25)30(17-36-18-31)38(34,35)22-14-10-20(27)11-15-22/h2*4-16,18H,3,17H2,1-2H3. The molecule has 0 aliphatic rings. The van der Waals surface area contributed by atoms with Gasteiger partial charge in [-0.3, -0.25) is 18.2 Å². The molecule has 0 unspecified atom stereocenters. The second kappa shape index (κ2) is 23.2. The lowest BCUT2D eigenvalue weighted by Gasteiger charge is -2.27. The van der Waals surface area contributed by atoms with E-state index in [1.54, 1.807) is 86.6 Å². The van der Waals surface area contributed by atoms with Crippen LogP contribution in [0.5, 0.6) is 0 Å². The van der Waals surface area contributed by atoms with Gasteiger partial charge in [0.2, 0.25) is 0 Å². The van der Waals surface area contributed by atoms with Crippen LogP contribution in [0.4, 0.5) is 31.8 Å². The Labute approximate surface area is 438 Å². The van der Waals surface area contributed by atoms with E-state index < -0.39 is 65.2 Å². The largest absolute Gasteiger partial charge is 0.445 e. The number of anilines is 4. The Hall–Kier alpha value is -8.06. The molecule has 24 heteroatoms. The maximum absolute atomic E-state index is 13.6. The Bertz CT molecular complexity index is 3610. The van der Waals surface area contributed by atoms with Crippen LogP contribution in [0.15, 0.2) is 178 Å². The number of hydrogen-bond acceptors (Lipinski definition) is 14. The van der Waals surface area contributed by atoms with Gasteiger partial charge in [0, 0.05) is 34.6 Å². The molecule has 0 aliphatic carbocycles. The predicted octanol–water partition coefficient (Wildman–Crippen LogP) is 8.45. The molecular weight excluding hydrogens is 1070 g/mol. The van der Waals surface area contributed by atoms with Crippen LogP contribution in [0.2, 0.25) is 0 Å². The number of aromatic nitrogens is 2. The lowest BCUT2D eigenvalue weighted by Crippen LogP contribution is -2.35. The molecule has 0 saturated heterocycles. The molecule has 8 rings (SSSR count). The number of nitrogens with zero attached hydrogens (tertiary/aromatic N) is 6. The Morgan fingerprint density at radius 3 is 0.987 bits per heavy atom. The molecule has 8 aromatic rings. The van der Waals surface area contributed by atoms with Crippen LogP contribution in [0.25, 0.3) is 21.5 Å². The van der Waals surface area contributed by atoms with Crippen LogP contribution < -0.4 is 17.2 Å². The summed E-state index contributed by atoms with van der Waals surface area (Å²) in [6.07, 6.45) is 2.52. The first-order chi connectivity index (χ1) is 36.2. The summed E-state index contributed by atoms with van der Waals surface area (Å²) in [7, 11) is -16.7. The molecule has 0 saturated carbocycles. The number of benzene rings is 6. The summed E-state index contributed by atoms with van der Waals surface area (Å²) in [5, 5.41) is 1.39. The molecular formula is C52H48F2N6O12S4. The van der Waals surface area contributed by atoms with E-state index >= 15 is 0 Å². The van der Waals surface area contributed by atoms with E-state index in [1.165, 1.54) is 53.1 Å². The quantitative estimate of drug-likeness (QED) is 0.0515. The third-order valence-corrected chi connectivity index (χ3v) is 18.9. The number of halogens is 2. The van der Waals surface area contributed by atoms with E-state index in [0.29, 0.717) is 21.5 Å². The lowest BCUT2D eigenvalue weighted by atomic mass is 10.1. The van der Waals surface area contributed by atoms with Crippen molar-refractivity contribution in [2.24, 2.45) is 0 Å². The van der Waals surface area contributed by atoms with Gasteiger partial charge in [-0.1, -0.05) is 83.9 Å². The highest BCUT2D eigenvalue weighted by atomic mass is 32.2. The summed E-state index contributed by atoms with van der Waals surface area (Å²) in [4.78, 5) is 30.3. The van der Waals surface area contributed by atoms with Crippen LogP contribution in [0.3, 0.4) is 0 Å². The van der Waals surface area contributed by atoms with Crippen LogP contribution in [0, 0.1) is 25.5 Å². The Balaban J connectivity index is 0.000000221. The fourth-order valence-corrected chi connectivity index (χ4v) is 13.5. The number of pyridine rings is 2. The zero-order valence-corrected chi connectivity index (χ0v) is 44.2. The predicted molar refractivity (Wildman–Crippen MR) is 282 cm³/mol. The van der Waals surface area contributed by atoms with Gasteiger partial charge >= 0.3 is 0 Å². The van der Waals surface area contributed by atoms with Crippen molar-refractivity contribution in [3.8, 4) is 0 Å². The first kappa shape index (κ1) is 55.7. The second-order valence-electron chi connectivity index (χ2n) is 16.4. The molecule has 6 aromatic carbocycles. The smallest absolute Gasteiger partial charge is 0.294 e. The Kier molecular flexibility index (Phi) is 17.0. The molecule has 0 fully saturated rings. The first-order valence-electron chi connectivity index (χ1n) is 22.8. The number of aryl methyl sites for hydroxylation is 2. The first-order valence-corrected chi connectivity index (χ1v) is 28.6. The van der Waals surface area contributed by atoms with Crippen LogP contribution in [-0.2, 0) is 59.2 Å². The molecule has 0 aliphatic heterocycles. The van der Waals surface area contributed by atoms with Crippen molar-refractivity contribution in [2.45, 2.75) is 47.3 Å². The molecule has 18 nitrogen and oxygen atoms in total. The van der Waals surface area contributed by atoms with E-state index in [1.807, 2.05) is 13.8 Å². The molecule has 396 valence electrons. The van der Waals surface area contributed by atoms with Gasteiger partial charge in [0.25, 0.3) is 53.0 Å². The number of carbonyl (C=O) groups is 2. The maximum atomic E-state index is 13.6. The molecule has 0 spiro atoms. The van der Waals surface area contributed by atoms with E-state index in [-0.39, 0.29) is 68.6 Å². The van der Waals surface area contributed by atoms with Gasteiger partial charge in [-0.05, 0) is 100 Å². The number of fused-ring (bicyclic) bond motifs is 2. The van der Waals surface area contributed by atoms with Gasteiger partial charge in [-0.15, -0.1) is 0 Å². The van der Waals surface area contributed by atoms with E-state index in [4.69, 9.17) is 9.47 Å². The van der Waals surface area contributed by atoms with Gasteiger partial charge in [0.1, 0.15) is 11.6 Å². The summed E-state index contributed by atoms with van der Waals surface area (Å²) in [6, 6.07) is 34.3. The minimum atomic E-state index is -4.36. The minimum Gasteiger partial charge on any atom is -0.445 e. The van der Waals surface area contributed by atoms with Gasteiger partial charge in [-0.2, -0.15) is 0 Å². The lowest BCUT2D eigenvalue weighted by molar-refractivity contribution is -0.129. The summed E-state index contributed by atoms with van der Waals surface area (Å²) in [6.45, 7) is 5.94. The summed E-state index contributed by atoms with van der Waals surface area (Å²) in [5.41, 5.74) is 2.20. The maximum Gasteiger partial charge on any atom is 0.294 e. The van der Waals surface area contributed by atoms with E-state index in [0.717, 1.165) is 60.4 Å². The van der Waals surface area contributed by atoms with Crippen LogP contribution in [-0.4, -0.2) is 83.1 Å². The topological polar surface area (TPSA) is 228 Å². The van der Waals surface area contributed by atoms with E-state index in [2.05, 4.69) is 9.97 Å². The normalized spacial score (nSPS) is 11.8. The third kappa shape index (κ3) is 11.4. The Morgan fingerprint density at radius 2 is 0.697 bits per heavy atom. The number of carbonyl (C=O) groups excluding carboxylic acids is 2. The van der Waals surface area contributed by atoms with Crippen molar-refractivity contribution in [2.75, 3.05) is 43.8 Å². The summed E-state index contributed by atoms with van der Waals surface area (Å²) >= 11 is 0. The highest BCUT2D eigenvalue weighted by molar-refractivity contribution is 7.93. The van der Waals surface area contributed by atoms with Crippen LogP contribution in [0.1, 0.15) is 25.0 Å². The molecule has 0 radical (unpaired) electrons. The summed E-state index contributed by atoms with van der Waals surface area (Å²) < 4.78 is 149. The van der Waals surface area contributed by atoms with Crippen molar-refractivity contribution in [3.63, 3.8) is 0 Å². The molecule has 2 heterocycles. The molecule has 0 N–H and O–H groups in total. The van der Waals surface area contributed by atoms with E-state index in [9.17, 15) is 52.0 Å². The minimum absolute atomic E-state index is 0.0182. The average molecular weight is 1120 g/mol. The number of hydrogen-bond donors (Lipinski definition) is 0. The highest BCUT2D eigenvalue weighted by Gasteiger charge is 2.33. The number of rotatable bonds is 20.